The largest absolute Gasteiger partial charge is 0.468 e. The summed E-state index contributed by atoms with van der Waals surface area (Å²) in [5, 5.41) is 4.28. The molecule has 128 valence electrons. The first-order chi connectivity index (χ1) is 11.6. The van der Waals surface area contributed by atoms with Gasteiger partial charge >= 0.3 is 5.97 Å². The van der Waals surface area contributed by atoms with E-state index in [1.54, 1.807) is 0 Å². The van der Waals surface area contributed by atoms with E-state index in [9.17, 15) is 4.79 Å². The molecule has 3 rings (SSSR count). The van der Waals surface area contributed by atoms with Crippen molar-refractivity contribution in [1.29, 1.82) is 0 Å². The molecule has 1 atom stereocenters. The number of nitrogens with zero attached hydrogens (tertiary/aromatic N) is 3. The van der Waals surface area contributed by atoms with Crippen LogP contribution in [-0.4, -0.2) is 40.8 Å². The Bertz CT molecular complexity index is 702. The van der Waals surface area contributed by atoms with Gasteiger partial charge in [0.2, 0.25) is 0 Å². The molecule has 0 aliphatic carbocycles. The van der Waals surface area contributed by atoms with Gasteiger partial charge in [-0.05, 0) is 50.0 Å². The molecular weight excluding hydrogens is 302 g/mol. The summed E-state index contributed by atoms with van der Waals surface area (Å²) in [7, 11) is 3.46. The third-order valence-electron chi connectivity index (χ3n) is 5.08. The predicted molar refractivity (Wildman–Crippen MR) is 92.7 cm³/mol. The summed E-state index contributed by atoms with van der Waals surface area (Å²) >= 11 is 0. The van der Waals surface area contributed by atoms with Crippen molar-refractivity contribution < 1.29 is 9.53 Å². The standard InChI is InChI=1S/C19H25N3O2/c1-14-6-4-5-7-16(14)18(19(23)24-3)22-12-9-15(10-13-22)17-8-11-20-21(17)2/h4-8,11,15,18H,9-10,12-13H2,1-3H3/t18-/m1/s1. The second-order valence-corrected chi connectivity index (χ2v) is 6.47. The topological polar surface area (TPSA) is 47.4 Å². The van der Waals surface area contributed by atoms with Crippen LogP contribution in [0, 0.1) is 6.92 Å². The fourth-order valence-corrected chi connectivity index (χ4v) is 3.72. The van der Waals surface area contributed by atoms with Crippen molar-refractivity contribution in [2.45, 2.75) is 31.7 Å². The number of carbonyl (C=O) groups is 1. The molecule has 0 N–H and O–H groups in total. The Kier molecular flexibility index (Phi) is 5.00. The van der Waals surface area contributed by atoms with Crippen LogP contribution in [0.3, 0.4) is 0 Å². The number of esters is 1. The van der Waals surface area contributed by atoms with Crippen molar-refractivity contribution in [1.82, 2.24) is 14.7 Å². The third kappa shape index (κ3) is 3.22. The lowest BCUT2D eigenvalue weighted by molar-refractivity contribution is -0.147. The number of carbonyl (C=O) groups excluding carboxylic acids is 1. The minimum Gasteiger partial charge on any atom is -0.468 e. The molecule has 0 saturated carbocycles. The molecule has 0 amide bonds. The molecule has 0 unspecified atom stereocenters. The van der Waals surface area contributed by atoms with E-state index in [0.717, 1.165) is 37.1 Å². The maximum Gasteiger partial charge on any atom is 0.327 e. The van der Waals surface area contributed by atoms with Crippen molar-refractivity contribution in [3.05, 3.63) is 53.3 Å². The fraction of sp³-hybridized carbons (Fsp3) is 0.474. The second kappa shape index (κ2) is 7.18. The van der Waals surface area contributed by atoms with Gasteiger partial charge < -0.3 is 4.74 Å². The van der Waals surface area contributed by atoms with E-state index in [-0.39, 0.29) is 12.0 Å². The zero-order valence-corrected chi connectivity index (χ0v) is 14.6. The van der Waals surface area contributed by atoms with Gasteiger partial charge in [0.15, 0.2) is 0 Å². The molecule has 5 nitrogen and oxygen atoms in total. The van der Waals surface area contributed by atoms with Crippen LogP contribution in [0.2, 0.25) is 0 Å². The number of hydrogen-bond donors (Lipinski definition) is 0. The highest BCUT2D eigenvalue weighted by Crippen LogP contribution is 2.33. The predicted octanol–water partition coefficient (Wildman–Crippen LogP) is 2.82. The molecule has 2 heterocycles. The van der Waals surface area contributed by atoms with E-state index in [4.69, 9.17) is 4.74 Å². The fourth-order valence-electron chi connectivity index (χ4n) is 3.72. The summed E-state index contributed by atoms with van der Waals surface area (Å²) in [5.74, 6) is 0.326. The molecular formula is C19H25N3O2. The number of aryl methyl sites for hydroxylation is 2. The molecule has 1 aromatic heterocycles. The molecule has 1 aromatic carbocycles. The Balaban J connectivity index is 1.78. The maximum absolute atomic E-state index is 12.5. The van der Waals surface area contributed by atoms with Gasteiger partial charge in [-0.15, -0.1) is 0 Å². The number of piperidine rings is 1. The number of methoxy groups -OCH3 is 1. The Hall–Kier alpha value is -2.14. The minimum atomic E-state index is -0.316. The summed E-state index contributed by atoms with van der Waals surface area (Å²) in [5.41, 5.74) is 3.45. The quantitative estimate of drug-likeness (QED) is 0.810. The summed E-state index contributed by atoms with van der Waals surface area (Å²) in [6.07, 6.45) is 3.91. The molecule has 24 heavy (non-hydrogen) atoms. The average molecular weight is 327 g/mol. The summed E-state index contributed by atoms with van der Waals surface area (Å²) in [6, 6.07) is 9.85. The lowest BCUT2D eigenvalue weighted by Crippen LogP contribution is -2.40. The first-order valence-electron chi connectivity index (χ1n) is 8.47. The van der Waals surface area contributed by atoms with E-state index in [1.165, 1.54) is 12.8 Å². The van der Waals surface area contributed by atoms with Crippen LogP contribution in [0.15, 0.2) is 36.5 Å². The van der Waals surface area contributed by atoms with Crippen molar-refractivity contribution >= 4 is 5.97 Å². The number of aromatic nitrogens is 2. The SMILES string of the molecule is COC(=O)[C@@H](c1ccccc1C)N1CCC(c2ccnn2C)CC1. The number of likely N-dealkylation sites (tertiary alicyclic amines) is 1. The van der Waals surface area contributed by atoms with Crippen LogP contribution in [0.1, 0.15) is 41.6 Å². The van der Waals surface area contributed by atoms with Gasteiger partial charge in [0.1, 0.15) is 6.04 Å². The maximum atomic E-state index is 12.5. The van der Waals surface area contributed by atoms with Gasteiger partial charge in [-0.3, -0.25) is 9.58 Å². The van der Waals surface area contributed by atoms with Gasteiger partial charge in [0.05, 0.1) is 7.11 Å². The van der Waals surface area contributed by atoms with Crippen LogP contribution in [0.4, 0.5) is 0 Å². The Morgan fingerprint density at radius 1 is 1.25 bits per heavy atom. The summed E-state index contributed by atoms with van der Waals surface area (Å²) in [6.45, 7) is 3.81. The molecule has 1 aliphatic rings. The number of rotatable bonds is 4. The normalized spacial score (nSPS) is 17.6. The molecule has 5 heteroatoms. The lowest BCUT2D eigenvalue weighted by Gasteiger charge is -2.36. The zero-order chi connectivity index (χ0) is 17.1. The van der Waals surface area contributed by atoms with Crippen LogP contribution in [-0.2, 0) is 16.6 Å². The van der Waals surface area contributed by atoms with Crippen molar-refractivity contribution in [2.24, 2.45) is 7.05 Å². The van der Waals surface area contributed by atoms with Crippen molar-refractivity contribution in [2.75, 3.05) is 20.2 Å². The smallest absolute Gasteiger partial charge is 0.327 e. The van der Waals surface area contributed by atoms with E-state index in [1.807, 2.05) is 49.1 Å². The monoisotopic (exact) mass is 327 g/mol. The van der Waals surface area contributed by atoms with Gasteiger partial charge in [0.25, 0.3) is 0 Å². The third-order valence-corrected chi connectivity index (χ3v) is 5.08. The first-order valence-corrected chi connectivity index (χ1v) is 8.47. The van der Waals surface area contributed by atoms with Crippen LogP contribution in [0.5, 0.6) is 0 Å². The van der Waals surface area contributed by atoms with Crippen LogP contribution in [0.25, 0.3) is 0 Å². The Morgan fingerprint density at radius 3 is 2.54 bits per heavy atom. The highest BCUT2D eigenvalue weighted by Gasteiger charge is 2.33. The van der Waals surface area contributed by atoms with E-state index in [2.05, 4.69) is 16.1 Å². The molecule has 0 radical (unpaired) electrons. The summed E-state index contributed by atoms with van der Waals surface area (Å²) < 4.78 is 7.06. The zero-order valence-electron chi connectivity index (χ0n) is 14.6. The van der Waals surface area contributed by atoms with Crippen LogP contribution >= 0.6 is 0 Å². The highest BCUT2D eigenvalue weighted by atomic mass is 16.5. The van der Waals surface area contributed by atoms with Gasteiger partial charge in [-0.25, -0.2) is 4.79 Å². The van der Waals surface area contributed by atoms with E-state index >= 15 is 0 Å². The number of benzene rings is 1. The molecule has 0 spiro atoms. The highest BCUT2D eigenvalue weighted by molar-refractivity contribution is 5.78. The average Bonchev–Trinajstić information content (AvgIpc) is 3.03. The lowest BCUT2D eigenvalue weighted by atomic mass is 9.91. The minimum absolute atomic E-state index is 0.178. The van der Waals surface area contributed by atoms with Crippen molar-refractivity contribution in [3.8, 4) is 0 Å². The Morgan fingerprint density at radius 2 is 1.96 bits per heavy atom. The second-order valence-electron chi connectivity index (χ2n) is 6.47. The molecule has 1 fully saturated rings. The molecule has 0 bridgehead atoms. The van der Waals surface area contributed by atoms with Gasteiger partial charge in [-0.2, -0.15) is 5.10 Å². The van der Waals surface area contributed by atoms with Crippen molar-refractivity contribution in [3.63, 3.8) is 0 Å². The number of hydrogen-bond acceptors (Lipinski definition) is 4. The van der Waals surface area contributed by atoms with Gasteiger partial charge in [-0.1, -0.05) is 24.3 Å². The molecule has 2 aromatic rings. The number of ether oxygens (including phenoxy) is 1. The Labute approximate surface area is 143 Å². The molecule has 1 aliphatic heterocycles. The van der Waals surface area contributed by atoms with E-state index in [0.29, 0.717) is 5.92 Å². The molecule has 1 saturated heterocycles. The first kappa shape index (κ1) is 16.7. The van der Waals surface area contributed by atoms with Crippen LogP contribution < -0.4 is 0 Å². The summed E-state index contributed by atoms with van der Waals surface area (Å²) in [4.78, 5) is 14.7. The van der Waals surface area contributed by atoms with Gasteiger partial charge in [0, 0.05) is 24.9 Å². The van der Waals surface area contributed by atoms with E-state index < -0.39 is 0 Å².